The summed E-state index contributed by atoms with van der Waals surface area (Å²) in [7, 11) is 0. The number of aromatic amines is 1. The Balaban J connectivity index is 2.28. The first-order valence-electron chi connectivity index (χ1n) is 3.70. The van der Waals surface area contributed by atoms with E-state index in [0.717, 1.165) is 19.5 Å². The Bertz CT molecular complexity index is 283. The highest BCUT2D eigenvalue weighted by Crippen LogP contribution is 2.10. The zero-order chi connectivity index (χ0) is 7.68. The van der Waals surface area contributed by atoms with Crippen molar-refractivity contribution in [1.82, 2.24) is 20.1 Å². The minimum atomic E-state index is -0.112. The molecule has 1 fully saturated rings. The lowest BCUT2D eigenvalue weighted by atomic mass is 10.3. The van der Waals surface area contributed by atoms with E-state index in [2.05, 4.69) is 15.5 Å². The van der Waals surface area contributed by atoms with E-state index in [1.807, 2.05) is 0 Å². The van der Waals surface area contributed by atoms with Gasteiger partial charge in [0.25, 0.3) is 0 Å². The molecule has 0 amide bonds. The number of nitrogens with zero attached hydrogens (tertiary/aromatic N) is 2. The highest BCUT2D eigenvalue weighted by atomic mass is 16.1. The first-order chi connectivity index (χ1) is 5.38. The number of rotatable bonds is 1. The van der Waals surface area contributed by atoms with Crippen LogP contribution in [-0.4, -0.2) is 27.9 Å². The van der Waals surface area contributed by atoms with E-state index in [9.17, 15) is 4.79 Å². The number of hydrogen-bond acceptors (Lipinski definition) is 3. The van der Waals surface area contributed by atoms with Crippen LogP contribution in [-0.2, 0) is 0 Å². The predicted molar refractivity (Wildman–Crippen MR) is 39.4 cm³/mol. The molecule has 11 heavy (non-hydrogen) atoms. The highest BCUT2D eigenvalue weighted by molar-refractivity contribution is 4.80. The van der Waals surface area contributed by atoms with Crippen LogP contribution in [0, 0.1) is 0 Å². The predicted octanol–water partition coefficient (Wildman–Crippen LogP) is -0.894. The topological polar surface area (TPSA) is 62.7 Å². The second-order valence-electron chi connectivity index (χ2n) is 2.72. The second kappa shape index (κ2) is 2.50. The first-order valence-corrected chi connectivity index (χ1v) is 3.70. The number of H-pyrrole nitrogens is 1. The molecule has 2 rings (SSSR count). The Morgan fingerprint density at radius 3 is 3.18 bits per heavy atom. The summed E-state index contributed by atoms with van der Waals surface area (Å²) in [6.45, 7) is 1.86. The highest BCUT2D eigenvalue weighted by Gasteiger charge is 2.17. The first kappa shape index (κ1) is 6.60. The fourth-order valence-corrected chi connectivity index (χ4v) is 1.39. The summed E-state index contributed by atoms with van der Waals surface area (Å²) in [6, 6.07) is 0.293. The third-order valence-corrected chi connectivity index (χ3v) is 2.00. The lowest BCUT2D eigenvalue weighted by molar-refractivity contribution is 0.530. The summed E-state index contributed by atoms with van der Waals surface area (Å²) < 4.78 is 1.64. The molecule has 2 heterocycles. The molecule has 1 saturated heterocycles. The summed E-state index contributed by atoms with van der Waals surface area (Å²) in [4.78, 5) is 11.0. The van der Waals surface area contributed by atoms with E-state index in [1.54, 1.807) is 10.9 Å². The number of aromatic nitrogens is 3. The molecule has 0 unspecified atom stereocenters. The average molecular weight is 154 g/mol. The van der Waals surface area contributed by atoms with Gasteiger partial charge in [-0.3, -0.25) is 4.57 Å². The van der Waals surface area contributed by atoms with E-state index >= 15 is 0 Å². The van der Waals surface area contributed by atoms with E-state index in [-0.39, 0.29) is 5.69 Å². The summed E-state index contributed by atoms with van der Waals surface area (Å²) in [6.07, 6.45) is 2.57. The molecule has 0 aliphatic carbocycles. The molecular weight excluding hydrogens is 144 g/mol. The summed E-state index contributed by atoms with van der Waals surface area (Å²) in [5.74, 6) is 0. The van der Waals surface area contributed by atoms with Gasteiger partial charge in [-0.05, 0) is 13.0 Å². The van der Waals surface area contributed by atoms with Gasteiger partial charge < -0.3 is 5.32 Å². The van der Waals surface area contributed by atoms with Crippen molar-refractivity contribution in [1.29, 1.82) is 0 Å². The largest absolute Gasteiger partial charge is 0.343 e. The monoisotopic (exact) mass is 154 g/mol. The van der Waals surface area contributed by atoms with Gasteiger partial charge in [-0.25, -0.2) is 9.89 Å². The minimum Gasteiger partial charge on any atom is -0.315 e. The van der Waals surface area contributed by atoms with Gasteiger partial charge in [-0.15, -0.1) is 0 Å². The number of nitrogens with one attached hydrogen (secondary N) is 2. The Morgan fingerprint density at radius 2 is 2.64 bits per heavy atom. The van der Waals surface area contributed by atoms with Crippen molar-refractivity contribution in [2.45, 2.75) is 12.5 Å². The molecule has 0 saturated carbocycles. The van der Waals surface area contributed by atoms with Gasteiger partial charge in [0.05, 0.1) is 6.04 Å². The Labute approximate surface area is 63.4 Å². The van der Waals surface area contributed by atoms with E-state index in [4.69, 9.17) is 0 Å². The standard InChI is InChI=1S/C6H10N4O/c11-6-9-8-4-10(6)5-1-2-7-3-5/h4-5,7H,1-3H2,(H,9,11)/t5-/m1/s1. The third kappa shape index (κ3) is 1.07. The molecule has 0 spiro atoms. The fourth-order valence-electron chi connectivity index (χ4n) is 1.39. The molecule has 60 valence electrons. The maximum atomic E-state index is 11.0. The van der Waals surface area contributed by atoms with Crippen molar-refractivity contribution in [3.05, 3.63) is 16.8 Å². The van der Waals surface area contributed by atoms with Crippen LogP contribution in [0.1, 0.15) is 12.5 Å². The third-order valence-electron chi connectivity index (χ3n) is 2.00. The smallest absolute Gasteiger partial charge is 0.315 e. The lowest BCUT2D eigenvalue weighted by Crippen LogP contribution is -2.23. The van der Waals surface area contributed by atoms with Gasteiger partial charge in [0.2, 0.25) is 0 Å². The number of hydrogen-bond donors (Lipinski definition) is 2. The maximum absolute atomic E-state index is 11.0. The van der Waals surface area contributed by atoms with Gasteiger partial charge in [0.1, 0.15) is 6.33 Å². The summed E-state index contributed by atoms with van der Waals surface area (Å²) in [5.41, 5.74) is -0.112. The van der Waals surface area contributed by atoms with Gasteiger partial charge in [0, 0.05) is 6.54 Å². The molecule has 1 aliphatic heterocycles. The van der Waals surface area contributed by atoms with Gasteiger partial charge in [-0.1, -0.05) is 0 Å². The molecule has 0 bridgehead atoms. The van der Waals surface area contributed by atoms with Crippen LogP contribution >= 0.6 is 0 Å². The minimum absolute atomic E-state index is 0.112. The molecule has 1 aliphatic rings. The average Bonchev–Trinajstić information content (AvgIpc) is 2.55. The van der Waals surface area contributed by atoms with Crippen LogP contribution in [0.3, 0.4) is 0 Å². The SMILES string of the molecule is O=c1[nH]ncn1[C@@H]1CCNC1. The van der Waals surface area contributed by atoms with Gasteiger partial charge in [-0.2, -0.15) is 5.10 Å². The van der Waals surface area contributed by atoms with Crippen LogP contribution in [0.15, 0.2) is 11.1 Å². The second-order valence-corrected chi connectivity index (χ2v) is 2.72. The van der Waals surface area contributed by atoms with E-state index in [0.29, 0.717) is 6.04 Å². The van der Waals surface area contributed by atoms with Crippen LogP contribution < -0.4 is 11.0 Å². The lowest BCUT2D eigenvalue weighted by Gasteiger charge is -2.05. The van der Waals surface area contributed by atoms with Crippen molar-refractivity contribution in [2.75, 3.05) is 13.1 Å². The van der Waals surface area contributed by atoms with Gasteiger partial charge >= 0.3 is 5.69 Å². The molecular formula is C6H10N4O. The quantitative estimate of drug-likeness (QED) is 0.551. The van der Waals surface area contributed by atoms with Crippen LogP contribution in [0.4, 0.5) is 0 Å². The van der Waals surface area contributed by atoms with E-state index in [1.165, 1.54) is 0 Å². The molecule has 1 aromatic heterocycles. The molecule has 0 aromatic carbocycles. The molecule has 1 atom stereocenters. The Morgan fingerprint density at radius 1 is 1.73 bits per heavy atom. The zero-order valence-electron chi connectivity index (χ0n) is 6.08. The fraction of sp³-hybridized carbons (Fsp3) is 0.667. The molecule has 2 N–H and O–H groups in total. The Kier molecular flexibility index (Phi) is 1.50. The Hall–Kier alpha value is -1.10. The van der Waals surface area contributed by atoms with Crippen LogP contribution in [0.25, 0.3) is 0 Å². The molecule has 0 radical (unpaired) electrons. The van der Waals surface area contributed by atoms with Crippen molar-refractivity contribution in [3.63, 3.8) is 0 Å². The summed E-state index contributed by atoms with van der Waals surface area (Å²) in [5, 5.41) is 9.23. The van der Waals surface area contributed by atoms with Gasteiger partial charge in [0.15, 0.2) is 0 Å². The van der Waals surface area contributed by atoms with Crippen molar-refractivity contribution in [3.8, 4) is 0 Å². The van der Waals surface area contributed by atoms with Crippen molar-refractivity contribution in [2.24, 2.45) is 0 Å². The van der Waals surface area contributed by atoms with Crippen LogP contribution in [0.5, 0.6) is 0 Å². The van der Waals surface area contributed by atoms with Crippen molar-refractivity contribution < 1.29 is 0 Å². The molecule has 5 heteroatoms. The van der Waals surface area contributed by atoms with Crippen LogP contribution in [0.2, 0.25) is 0 Å². The molecule has 1 aromatic rings. The zero-order valence-corrected chi connectivity index (χ0v) is 6.08. The summed E-state index contributed by atoms with van der Waals surface area (Å²) >= 11 is 0. The molecule has 5 nitrogen and oxygen atoms in total. The van der Waals surface area contributed by atoms with Crippen molar-refractivity contribution >= 4 is 0 Å². The maximum Gasteiger partial charge on any atom is 0.343 e. The normalized spacial score (nSPS) is 24.2. The van der Waals surface area contributed by atoms with E-state index < -0.39 is 0 Å².